The Morgan fingerprint density at radius 1 is 1.56 bits per heavy atom. The van der Waals surface area contributed by atoms with Crippen molar-refractivity contribution >= 4 is 11.5 Å². The number of ether oxygens (including phenoxy) is 1. The standard InChI is InChI=1S/C12H19N3O/c1-9(10-4-6-16-8-10)15-11-3-5-14-12(7-11)13-2/h3,5,7,9-10H,4,6,8H2,1-2H3,(H2,13,14,15). The van der Waals surface area contributed by atoms with E-state index in [1.54, 1.807) is 0 Å². The smallest absolute Gasteiger partial charge is 0.127 e. The molecule has 0 bridgehead atoms. The van der Waals surface area contributed by atoms with E-state index in [1.807, 2.05) is 25.4 Å². The Hall–Kier alpha value is -1.29. The summed E-state index contributed by atoms with van der Waals surface area (Å²) < 4.78 is 5.40. The summed E-state index contributed by atoms with van der Waals surface area (Å²) in [5.74, 6) is 1.51. The third kappa shape index (κ3) is 2.64. The van der Waals surface area contributed by atoms with Gasteiger partial charge in [-0.3, -0.25) is 0 Å². The topological polar surface area (TPSA) is 46.2 Å². The first-order valence-electron chi connectivity index (χ1n) is 5.77. The van der Waals surface area contributed by atoms with Gasteiger partial charge in [0.1, 0.15) is 5.82 Å². The van der Waals surface area contributed by atoms with Gasteiger partial charge in [-0.1, -0.05) is 0 Å². The van der Waals surface area contributed by atoms with Crippen molar-refractivity contribution in [3.05, 3.63) is 18.3 Å². The first kappa shape index (κ1) is 11.2. The lowest BCUT2D eigenvalue weighted by Crippen LogP contribution is -2.26. The summed E-state index contributed by atoms with van der Waals surface area (Å²) in [5.41, 5.74) is 1.11. The Kier molecular flexibility index (Phi) is 3.62. The third-order valence-corrected chi connectivity index (χ3v) is 3.08. The predicted molar refractivity (Wildman–Crippen MR) is 65.8 cm³/mol. The van der Waals surface area contributed by atoms with Gasteiger partial charge in [-0.05, 0) is 19.4 Å². The second kappa shape index (κ2) is 5.16. The Labute approximate surface area is 96.4 Å². The van der Waals surface area contributed by atoms with Crippen LogP contribution in [0.1, 0.15) is 13.3 Å². The van der Waals surface area contributed by atoms with E-state index < -0.39 is 0 Å². The van der Waals surface area contributed by atoms with Gasteiger partial charge in [0, 0.05) is 43.6 Å². The van der Waals surface area contributed by atoms with E-state index >= 15 is 0 Å². The maximum Gasteiger partial charge on any atom is 0.127 e. The van der Waals surface area contributed by atoms with Crippen LogP contribution >= 0.6 is 0 Å². The zero-order valence-electron chi connectivity index (χ0n) is 9.86. The van der Waals surface area contributed by atoms with Gasteiger partial charge in [-0.2, -0.15) is 0 Å². The van der Waals surface area contributed by atoms with E-state index in [4.69, 9.17) is 4.74 Å². The number of hydrogen-bond donors (Lipinski definition) is 2. The van der Waals surface area contributed by atoms with Gasteiger partial charge in [0.2, 0.25) is 0 Å². The molecule has 1 fully saturated rings. The molecule has 0 saturated carbocycles. The number of hydrogen-bond acceptors (Lipinski definition) is 4. The molecule has 2 heterocycles. The van der Waals surface area contributed by atoms with Crippen molar-refractivity contribution in [2.45, 2.75) is 19.4 Å². The number of anilines is 2. The van der Waals surface area contributed by atoms with E-state index in [0.717, 1.165) is 31.1 Å². The number of pyridine rings is 1. The van der Waals surface area contributed by atoms with Crippen LogP contribution in [0.25, 0.3) is 0 Å². The van der Waals surface area contributed by atoms with Crippen LogP contribution in [0.2, 0.25) is 0 Å². The largest absolute Gasteiger partial charge is 0.382 e. The fraction of sp³-hybridized carbons (Fsp3) is 0.583. The number of aromatic nitrogens is 1. The molecule has 2 rings (SSSR count). The SMILES string of the molecule is CNc1cc(NC(C)C2CCOC2)ccn1. The van der Waals surface area contributed by atoms with Crippen LogP contribution < -0.4 is 10.6 Å². The van der Waals surface area contributed by atoms with Crippen LogP contribution in [0.4, 0.5) is 11.5 Å². The molecule has 2 atom stereocenters. The number of nitrogens with one attached hydrogen (secondary N) is 2. The second-order valence-electron chi connectivity index (χ2n) is 4.24. The molecule has 2 N–H and O–H groups in total. The van der Waals surface area contributed by atoms with Gasteiger partial charge < -0.3 is 15.4 Å². The molecule has 1 aliphatic heterocycles. The molecule has 1 aromatic heterocycles. The Morgan fingerprint density at radius 2 is 2.44 bits per heavy atom. The second-order valence-corrected chi connectivity index (χ2v) is 4.24. The van der Waals surface area contributed by atoms with E-state index in [0.29, 0.717) is 12.0 Å². The Bertz CT molecular complexity index is 337. The number of rotatable bonds is 4. The van der Waals surface area contributed by atoms with Crippen molar-refractivity contribution < 1.29 is 4.74 Å². The van der Waals surface area contributed by atoms with E-state index in [9.17, 15) is 0 Å². The third-order valence-electron chi connectivity index (χ3n) is 3.08. The molecular formula is C12H19N3O. The highest BCUT2D eigenvalue weighted by Gasteiger charge is 2.21. The van der Waals surface area contributed by atoms with Crippen LogP contribution in [0.5, 0.6) is 0 Å². The van der Waals surface area contributed by atoms with Crippen molar-refractivity contribution in [3.8, 4) is 0 Å². The minimum Gasteiger partial charge on any atom is -0.382 e. The summed E-state index contributed by atoms with van der Waals surface area (Å²) >= 11 is 0. The van der Waals surface area contributed by atoms with Crippen molar-refractivity contribution in [2.75, 3.05) is 30.9 Å². The minimum atomic E-state index is 0.439. The fourth-order valence-electron chi connectivity index (χ4n) is 1.98. The van der Waals surface area contributed by atoms with Crippen molar-refractivity contribution in [3.63, 3.8) is 0 Å². The average molecular weight is 221 g/mol. The highest BCUT2D eigenvalue weighted by atomic mass is 16.5. The highest BCUT2D eigenvalue weighted by molar-refractivity contribution is 5.52. The molecule has 4 heteroatoms. The maximum absolute atomic E-state index is 5.40. The molecule has 16 heavy (non-hydrogen) atoms. The summed E-state index contributed by atoms with van der Waals surface area (Å²) in [6.07, 6.45) is 2.96. The lowest BCUT2D eigenvalue weighted by atomic mass is 10.0. The summed E-state index contributed by atoms with van der Waals surface area (Å²) in [6, 6.07) is 4.45. The maximum atomic E-state index is 5.40. The van der Waals surface area contributed by atoms with E-state index in [1.165, 1.54) is 0 Å². The molecular weight excluding hydrogens is 202 g/mol. The molecule has 0 radical (unpaired) electrons. The molecule has 0 aromatic carbocycles. The molecule has 1 aliphatic rings. The quantitative estimate of drug-likeness (QED) is 0.816. The van der Waals surface area contributed by atoms with Gasteiger partial charge in [0.05, 0.1) is 6.61 Å². The van der Waals surface area contributed by atoms with E-state index in [-0.39, 0.29) is 0 Å². The molecule has 0 aliphatic carbocycles. The van der Waals surface area contributed by atoms with Crippen LogP contribution in [-0.2, 0) is 4.74 Å². The van der Waals surface area contributed by atoms with Crippen molar-refractivity contribution in [2.24, 2.45) is 5.92 Å². The molecule has 1 aromatic rings. The van der Waals surface area contributed by atoms with Gasteiger partial charge in [0.15, 0.2) is 0 Å². The average Bonchev–Trinajstić information content (AvgIpc) is 2.83. The van der Waals surface area contributed by atoms with Crippen LogP contribution in [0.3, 0.4) is 0 Å². The Balaban J connectivity index is 1.96. The molecule has 0 amide bonds. The van der Waals surface area contributed by atoms with Crippen LogP contribution in [0.15, 0.2) is 18.3 Å². The molecule has 0 spiro atoms. The molecule has 2 unspecified atom stereocenters. The molecule has 1 saturated heterocycles. The zero-order chi connectivity index (χ0) is 11.4. The zero-order valence-corrected chi connectivity index (χ0v) is 9.86. The highest BCUT2D eigenvalue weighted by Crippen LogP contribution is 2.20. The lowest BCUT2D eigenvalue weighted by Gasteiger charge is -2.20. The van der Waals surface area contributed by atoms with Gasteiger partial charge >= 0.3 is 0 Å². The lowest BCUT2D eigenvalue weighted by molar-refractivity contribution is 0.183. The minimum absolute atomic E-state index is 0.439. The van der Waals surface area contributed by atoms with Crippen LogP contribution in [-0.4, -0.2) is 31.3 Å². The van der Waals surface area contributed by atoms with Gasteiger partial charge in [0.25, 0.3) is 0 Å². The Morgan fingerprint density at radius 3 is 3.12 bits per heavy atom. The first-order chi connectivity index (χ1) is 7.79. The van der Waals surface area contributed by atoms with E-state index in [2.05, 4.69) is 22.5 Å². The number of nitrogens with zero attached hydrogens (tertiary/aromatic N) is 1. The van der Waals surface area contributed by atoms with Gasteiger partial charge in [-0.15, -0.1) is 0 Å². The van der Waals surface area contributed by atoms with Crippen molar-refractivity contribution in [1.29, 1.82) is 0 Å². The van der Waals surface area contributed by atoms with Gasteiger partial charge in [-0.25, -0.2) is 4.98 Å². The monoisotopic (exact) mass is 221 g/mol. The summed E-state index contributed by atoms with van der Waals surface area (Å²) in [6.45, 7) is 3.98. The fourth-order valence-corrected chi connectivity index (χ4v) is 1.98. The normalized spacial score (nSPS) is 21.8. The first-order valence-corrected chi connectivity index (χ1v) is 5.77. The molecule has 88 valence electrons. The summed E-state index contributed by atoms with van der Waals surface area (Å²) in [7, 11) is 1.88. The summed E-state index contributed by atoms with van der Waals surface area (Å²) in [4.78, 5) is 4.19. The predicted octanol–water partition coefficient (Wildman–Crippen LogP) is 1.96. The van der Waals surface area contributed by atoms with Crippen LogP contribution in [0, 0.1) is 5.92 Å². The summed E-state index contributed by atoms with van der Waals surface area (Å²) in [5, 5.41) is 6.53. The molecule has 4 nitrogen and oxygen atoms in total. The van der Waals surface area contributed by atoms with Crippen molar-refractivity contribution in [1.82, 2.24) is 4.98 Å².